The number of amides is 2. The lowest BCUT2D eigenvalue weighted by atomic mass is 9.95. The Morgan fingerprint density at radius 2 is 1.85 bits per heavy atom. The van der Waals surface area contributed by atoms with Crippen molar-refractivity contribution in [2.45, 2.75) is 51.6 Å². The van der Waals surface area contributed by atoms with Gasteiger partial charge in [-0.2, -0.15) is 5.10 Å². The van der Waals surface area contributed by atoms with Gasteiger partial charge in [0.05, 0.1) is 12.5 Å². The van der Waals surface area contributed by atoms with Crippen LogP contribution in [0.3, 0.4) is 0 Å². The summed E-state index contributed by atoms with van der Waals surface area (Å²) in [6.45, 7) is 8.04. The maximum absolute atomic E-state index is 12.7. The van der Waals surface area contributed by atoms with E-state index in [9.17, 15) is 14.4 Å². The summed E-state index contributed by atoms with van der Waals surface area (Å²) in [4.78, 5) is 40.9. The number of rotatable bonds is 5. The van der Waals surface area contributed by atoms with Gasteiger partial charge in [0.25, 0.3) is 0 Å². The molecule has 1 atom stereocenters. The molecular weight excluding hydrogens is 348 g/mol. The van der Waals surface area contributed by atoms with E-state index in [2.05, 4.69) is 15.3 Å². The zero-order valence-corrected chi connectivity index (χ0v) is 16.5. The van der Waals surface area contributed by atoms with Gasteiger partial charge in [0.1, 0.15) is 5.82 Å². The van der Waals surface area contributed by atoms with Crippen molar-refractivity contribution in [1.29, 1.82) is 0 Å². The van der Waals surface area contributed by atoms with Gasteiger partial charge in [-0.25, -0.2) is 9.48 Å². The number of nitrogens with zero attached hydrogens (tertiary/aromatic N) is 5. The monoisotopic (exact) mass is 378 g/mol. The molecule has 1 aromatic rings. The number of hydrogen-bond acceptors (Lipinski definition) is 5. The van der Waals surface area contributed by atoms with Crippen molar-refractivity contribution in [1.82, 2.24) is 29.5 Å². The van der Waals surface area contributed by atoms with E-state index in [1.165, 1.54) is 4.68 Å². The molecule has 2 aliphatic heterocycles. The molecule has 27 heavy (non-hydrogen) atoms. The van der Waals surface area contributed by atoms with Crippen LogP contribution in [0.1, 0.15) is 44.9 Å². The number of piperidine rings is 1. The number of hydrogen-bond donors (Lipinski definition) is 1. The molecule has 1 N–H and O–H groups in total. The first kappa shape index (κ1) is 19.6. The summed E-state index contributed by atoms with van der Waals surface area (Å²) in [6, 6.07) is -0.366. The fraction of sp³-hybridized carbons (Fsp3) is 0.778. The molecule has 3 rings (SSSR count). The Hall–Kier alpha value is -2.16. The molecule has 2 saturated heterocycles. The maximum atomic E-state index is 12.7. The van der Waals surface area contributed by atoms with E-state index >= 15 is 0 Å². The Morgan fingerprint density at radius 3 is 2.48 bits per heavy atom. The minimum absolute atomic E-state index is 0.0304. The van der Waals surface area contributed by atoms with Crippen LogP contribution in [-0.4, -0.2) is 74.7 Å². The van der Waals surface area contributed by atoms with Crippen LogP contribution in [0.15, 0.2) is 4.79 Å². The lowest BCUT2D eigenvalue weighted by molar-refractivity contribution is -0.139. The third kappa shape index (κ3) is 3.92. The third-order valence-electron chi connectivity index (χ3n) is 5.78. The second kappa shape index (κ2) is 8.24. The van der Waals surface area contributed by atoms with Gasteiger partial charge in [-0.05, 0) is 26.3 Å². The van der Waals surface area contributed by atoms with Gasteiger partial charge in [-0.15, -0.1) is 0 Å². The Labute approximate surface area is 159 Å². The quantitative estimate of drug-likeness (QED) is 0.747. The second-order valence-corrected chi connectivity index (χ2v) is 7.30. The zero-order chi connectivity index (χ0) is 19.6. The minimum atomic E-state index is -0.366. The van der Waals surface area contributed by atoms with Gasteiger partial charge in [0.15, 0.2) is 0 Å². The average Bonchev–Trinajstić information content (AvgIpc) is 2.97. The summed E-state index contributed by atoms with van der Waals surface area (Å²) in [5.41, 5.74) is -0.0889. The molecule has 0 spiro atoms. The first-order valence-corrected chi connectivity index (χ1v) is 9.89. The number of likely N-dealkylation sites (N-methyl/N-ethyl adjacent to an activating group) is 1. The summed E-state index contributed by atoms with van der Waals surface area (Å²) in [5, 5.41) is 7.26. The fourth-order valence-electron chi connectivity index (χ4n) is 4.17. The number of carbonyl (C=O) groups excluding carboxylic acids is 2. The molecule has 9 heteroatoms. The Morgan fingerprint density at radius 1 is 1.15 bits per heavy atom. The molecule has 0 saturated carbocycles. The van der Waals surface area contributed by atoms with Crippen molar-refractivity contribution in [2.75, 3.05) is 32.7 Å². The largest absolute Gasteiger partial charge is 0.353 e. The zero-order valence-electron chi connectivity index (χ0n) is 16.5. The summed E-state index contributed by atoms with van der Waals surface area (Å²) >= 11 is 0. The molecule has 1 aromatic heterocycles. The van der Waals surface area contributed by atoms with E-state index in [0.717, 1.165) is 31.8 Å². The third-order valence-corrected chi connectivity index (χ3v) is 5.78. The molecule has 0 bridgehead atoms. The highest BCUT2D eigenvalue weighted by Gasteiger charge is 2.34. The van der Waals surface area contributed by atoms with Crippen molar-refractivity contribution >= 4 is 11.8 Å². The van der Waals surface area contributed by atoms with Gasteiger partial charge in [0, 0.05) is 45.7 Å². The molecule has 0 aliphatic carbocycles. The van der Waals surface area contributed by atoms with Crippen LogP contribution < -0.4 is 11.0 Å². The van der Waals surface area contributed by atoms with E-state index < -0.39 is 0 Å². The lowest BCUT2D eigenvalue weighted by Crippen LogP contribution is -2.56. The smallest absolute Gasteiger partial charge is 0.345 e. The van der Waals surface area contributed by atoms with Crippen molar-refractivity contribution in [3.05, 3.63) is 16.3 Å². The highest BCUT2D eigenvalue weighted by atomic mass is 16.2. The van der Waals surface area contributed by atoms with Gasteiger partial charge < -0.3 is 10.2 Å². The summed E-state index contributed by atoms with van der Waals surface area (Å²) in [6.07, 6.45) is 1.81. The highest BCUT2D eigenvalue weighted by Crippen LogP contribution is 2.27. The summed E-state index contributed by atoms with van der Waals surface area (Å²) in [7, 11) is 1.67. The van der Waals surface area contributed by atoms with Crippen LogP contribution in [0.4, 0.5) is 0 Å². The van der Waals surface area contributed by atoms with E-state index in [1.54, 1.807) is 11.6 Å². The first-order chi connectivity index (χ1) is 13.0. The lowest BCUT2D eigenvalue weighted by Gasteiger charge is -2.36. The average molecular weight is 378 g/mol. The molecule has 2 aliphatic rings. The van der Waals surface area contributed by atoms with Crippen molar-refractivity contribution in [2.24, 2.45) is 7.05 Å². The Balaban J connectivity index is 1.60. The van der Waals surface area contributed by atoms with E-state index in [1.807, 2.05) is 18.7 Å². The summed E-state index contributed by atoms with van der Waals surface area (Å²) < 4.78 is 3.10. The minimum Gasteiger partial charge on any atom is -0.353 e. The second-order valence-electron chi connectivity index (χ2n) is 7.30. The van der Waals surface area contributed by atoms with Crippen molar-refractivity contribution in [3.63, 3.8) is 0 Å². The SMILES string of the molecule is CCN1CCNC(=O)C1CC(=O)N1CCC(c2nn(C)c(=O)n2CC)CC1. The molecule has 9 nitrogen and oxygen atoms in total. The van der Waals surface area contributed by atoms with E-state index in [4.69, 9.17) is 0 Å². The predicted molar refractivity (Wildman–Crippen MR) is 100 cm³/mol. The normalized spacial score (nSPS) is 22.1. The van der Waals surface area contributed by atoms with Crippen LogP contribution >= 0.6 is 0 Å². The van der Waals surface area contributed by atoms with Gasteiger partial charge in [-0.3, -0.25) is 19.1 Å². The van der Waals surface area contributed by atoms with Crippen LogP contribution in [-0.2, 0) is 23.2 Å². The maximum Gasteiger partial charge on any atom is 0.345 e. The van der Waals surface area contributed by atoms with Crippen molar-refractivity contribution in [3.8, 4) is 0 Å². The van der Waals surface area contributed by atoms with Crippen LogP contribution in [0, 0.1) is 0 Å². The Kier molecular flexibility index (Phi) is 5.98. The number of likely N-dealkylation sites (tertiary alicyclic amines) is 1. The van der Waals surface area contributed by atoms with Gasteiger partial charge in [-0.1, -0.05) is 6.92 Å². The van der Waals surface area contributed by atoms with E-state index in [-0.39, 0.29) is 35.9 Å². The molecular formula is C18H30N6O3. The predicted octanol–water partition coefficient (Wildman–Crippen LogP) is -0.482. The molecule has 2 amide bonds. The fourth-order valence-corrected chi connectivity index (χ4v) is 4.17. The number of nitrogens with one attached hydrogen (secondary N) is 1. The molecule has 0 radical (unpaired) electrons. The van der Waals surface area contributed by atoms with E-state index in [0.29, 0.717) is 26.2 Å². The number of piperazine rings is 1. The topological polar surface area (TPSA) is 92.5 Å². The molecule has 150 valence electrons. The molecule has 0 aromatic carbocycles. The van der Waals surface area contributed by atoms with Crippen LogP contribution in [0.5, 0.6) is 0 Å². The van der Waals surface area contributed by atoms with Crippen LogP contribution in [0.2, 0.25) is 0 Å². The summed E-state index contributed by atoms with van der Waals surface area (Å²) in [5.74, 6) is 0.989. The van der Waals surface area contributed by atoms with Crippen molar-refractivity contribution < 1.29 is 9.59 Å². The number of aromatic nitrogens is 3. The molecule has 2 fully saturated rings. The molecule has 1 unspecified atom stereocenters. The highest BCUT2D eigenvalue weighted by molar-refractivity contribution is 5.88. The number of aryl methyl sites for hydroxylation is 1. The van der Waals surface area contributed by atoms with Crippen LogP contribution in [0.25, 0.3) is 0 Å². The standard InChI is InChI=1S/C18H30N6O3/c1-4-22-11-8-19-17(26)14(22)12-15(25)23-9-6-13(7-10-23)16-20-21(3)18(27)24(16)5-2/h13-14H,4-12H2,1-3H3,(H,19,26). The van der Waals surface area contributed by atoms with Gasteiger partial charge in [0.2, 0.25) is 11.8 Å². The number of carbonyl (C=O) groups is 2. The first-order valence-electron chi connectivity index (χ1n) is 9.89. The van der Waals surface area contributed by atoms with Gasteiger partial charge >= 0.3 is 5.69 Å². The molecule has 3 heterocycles. The Bertz CT molecular complexity index is 747.